The van der Waals surface area contributed by atoms with Crippen LogP contribution in [0, 0.1) is 11.8 Å². The monoisotopic (exact) mass is 702 g/mol. The molecule has 0 saturated carbocycles. The van der Waals surface area contributed by atoms with Crippen molar-refractivity contribution in [3.05, 3.63) is 131 Å². The first-order chi connectivity index (χ1) is 25.0. The molecule has 0 bridgehead atoms. The van der Waals surface area contributed by atoms with Crippen molar-refractivity contribution < 1.29 is 28.7 Å². The third-order valence-corrected chi connectivity index (χ3v) is 10.8. The zero-order valence-electron chi connectivity index (χ0n) is 30.5. The molecule has 6 atom stereocenters. The van der Waals surface area contributed by atoms with Crippen LogP contribution in [-0.4, -0.2) is 83.9 Å². The van der Waals surface area contributed by atoms with E-state index in [4.69, 9.17) is 9.47 Å². The van der Waals surface area contributed by atoms with Crippen molar-refractivity contribution in [2.24, 2.45) is 11.8 Å². The lowest BCUT2D eigenvalue weighted by molar-refractivity contribution is -0.144. The smallest absolute Gasteiger partial charge is 0.327 e. The van der Waals surface area contributed by atoms with Crippen LogP contribution in [0.4, 0.5) is 9.59 Å². The lowest BCUT2D eigenvalue weighted by Gasteiger charge is -2.34. The van der Waals surface area contributed by atoms with E-state index in [0.29, 0.717) is 11.5 Å². The number of likely N-dealkylation sites (N-methyl/N-ethyl adjacent to an activating group) is 2. The van der Waals surface area contributed by atoms with Gasteiger partial charge < -0.3 is 19.3 Å². The van der Waals surface area contributed by atoms with Crippen LogP contribution >= 0.6 is 0 Å². The van der Waals surface area contributed by atoms with Crippen LogP contribution in [-0.2, 0) is 22.4 Å². The molecule has 2 heterocycles. The van der Waals surface area contributed by atoms with Gasteiger partial charge in [0.2, 0.25) is 11.8 Å². The largest absolute Gasteiger partial charge is 0.497 e. The SMILES string of the molecule is COc1cccc(C[C@@H](C(=O)N2C(=O)N(C)[C@H](C)[C@@H]2c2ccccc2)[C@@H](Cc2cccc(OC)c2)C(=O)N2C(=O)N(C)[C@H](C)[C@@H]2c2ccccc2)c1. The normalized spacial score (nSPS) is 21.3. The van der Waals surface area contributed by atoms with E-state index in [2.05, 4.69) is 0 Å². The lowest BCUT2D eigenvalue weighted by atomic mass is 9.80. The van der Waals surface area contributed by atoms with Crippen molar-refractivity contribution in [1.29, 1.82) is 0 Å². The van der Waals surface area contributed by atoms with Crippen LogP contribution in [0.25, 0.3) is 0 Å². The maximum atomic E-state index is 15.4. The fourth-order valence-corrected chi connectivity index (χ4v) is 7.67. The van der Waals surface area contributed by atoms with Crippen molar-refractivity contribution in [3.63, 3.8) is 0 Å². The van der Waals surface area contributed by atoms with Gasteiger partial charge in [0.25, 0.3) is 0 Å². The highest BCUT2D eigenvalue weighted by molar-refractivity contribution is 6.03. The first kappa shape index (κ1) is 36.2. The summed E-state index contributed by atoms with van der Waals surface area (Å²) in [6, 6.07) is 31.0. The molecule has 0 unspecified atom stereocenters. The van der Waals surface area contributed by atoms with Crippen LogP contribution in [0.1, 0.15) is 48.2 Å². The molecule has 270 valence electrons. The number of hydrogen-bond donors (Lipinski definition) is 0. The van der Waals surface area contributed by atoms with Gasteiger partial charge in [-0.2, -0.15) is 0 Å². The van der Waals surface area contributed by atoms with Gasteiger partial charge in [-0.1, -0.05) is 84.9 Å². The number of urea groups is 2. The maximum Gasteiger partial charge on any atom is 0.327 e. The van der Waals surface area contributed by atoms with Crippen molar-refractivity contribution in [2.45, 2.75) is 50.9 Å². The van der Waals surface area contributed by atoms with E-state index >= 15 is 9.59 Å². The molecule has 0 radical (unpaired) electrons. The van der Waals surface area contributed by atoms with E-state index in [9.17, 15) is 9.59 Å². The zero-order chi connectivity index (χ0) is 37.1. The Morgan fingerprint density at radius 3 is 1.29 bits per heavy atom. The molecule has 52 heavy (non-hydrogen) atoms. The third kappa shape index (κ3) is 6.85. The molecule has 10 nitrogen and oxygen atoms in total. The third-order valence-electron chi connectivity index (χ3n) is 10.8. The fourth-order valence-electron chi connectivity index (χ4n) is 7.67. The van der Waals surface area contributed by atoms with Gasteiger partial charge in [-0.25, -0.2) is 9.59 Å². The Balaban J connectivity index is 1.52. The Labute approximate surface area is 305 Å². The summed E-state index contributed by atoms with van der Waals surface area (Å²) in [6.07, 6.45) is 0.229. The summed E-state index contributed by atoms with van der Waals surface area (Å²) in [5.41, 5.74) is 3.13. The second-order valence-corrected chi connectivity index (χ2v) is 13.7. The minimum absolute atomic E-state index is 0.114. The number of nitrogens with zero attached hydrogens (tertiary/aromatic N) is 4. The van der Waals surface area contributed by atoms with Gasteiger partial charge in [0.15, 0.2) is 0 Å². The summed E-state index contributed by atoms with van der Waals surface area (Å²) >= 11 is 0. The first-order valence-electron chi connectivity index (χ1n) is 17.6. The highest BCUT2D eigenvalue weighted by Crippen LogP contribution is 2.41. The standard InChI is InChI=1S/C42H46N4O6/c1-27-37(31-17-9-7-10-18-31)45(41(49)43(27)3)39(47)35(25-29-15-13-21-33(23-29)51-5)36(26-30-16-14-22-34(24-30)52-6)40(48)46-38(28(2)44(4)42(46)50)32-19-11-8-12-20-32/h7-24,27-28,35-38H,25-26H2,1-6H3/t27-,28-,35-,36-,37-,38-/m1/s1. The Hall–Kier alpha value is -5.64. The second-order valence-electron chi connectivity index (χ2n) is 13.7. The molecule has 2 aliphatic heterocycles. The second kappa shape index (κ2) is 15.3. The summed E-state index contributed by atoms with van der Waals surface area (Å²) in [5.74, 6) is -1.87. The zero-order valence-corrected chi connectivity index (χ0v) is 30.5. The molecule has 4 aromatic carbocycles. The first-order valence-corrected chi connectivity index (χ1v) is 17.6. The van der Waals surface area contributed by atoms with E-state index in [0.717, 1.165) is 22.3 Å². The van der Waals surface area contributed by atoms with E-state index in [1.165, 1.54) is 9.80 Å². The maximum absolute atomic E-state index is 15.4. The van der Waals surface area contributed by atoms with Crippen LogP contribution in [0.5, 0.6) is 11.5 Å². The lowest BCUT2D eigenvalue weighted by Crippen LogP contribution is -2.49. The molecule has 0 spiro atoms. The van der Waals surface area contributed by atoms with E-state index in [-0.39, 0.29) is 24.9 Å². The highest BCUT2D eigenvalue weighted by Gasteiger charge is 2.53. The summed E-state index contributed by atoms with van der Waals surface area (Å²) in [5, 5.41) is 0. The molecule has 2 aliphatic rings. The molecule has 10 heteroatoms. The molecule has 2 saturated heterocycles. The Bertz CT molecular complexity index is 1780. The number of imide groups is 2. The molecule has 2 fully saturated rings. The highest BCUT2D eigenvalue weighted by atomic mass is 16.5. The van der Waals surface area contributed by atoms with Gasteiger partial charge in [0.1, 0.15) is 11.5 Å². The van der Waals surface area contributed by atoms with Crippen LogP contribution in [0.3, 0.4) is 0 Å². The number of hydrogen-bond acceptors (Lipinski definition) is 6. The van der Waals surface area contributed by atoms with Crippen LogP contribution in [0.2, 0.25) is 0 Å². The molecular formula is C42H46N4O6. The predicted octanol–water partition coefficient (Wildman–Crippen LogP) is 6.77. The number of carbonyl (C=O) groups excluding carboxylic acids is 4. The van der Waals surface area contributed by atoms with E-state index in [1.807, 2.05) is 123 Å². The summed E-state index contributed by atoms with van der Waals surface area (Å²) in [6.45, 7) is 3.84. The molecule has 6 rings (SSSR count). The minimum atomic E-state index is -1.05. The molecular weight excluding hydrogens is 656 g/mol. The number of carbonyl (C=O) groups is 4. The summed E-state index contributed by atoms with van der Waals surface area (Å²) < 4.78 is 11.1. The molecule has 4 aromatic rings. The van der Waals surface area contributed by atoms with Crippen molar-refractivity contribution in [1.82, 2.24) is 19.6 Å². The fraction of sp³-hybridized carbons (Fsp3) is 0.333. The summed E-state index contributed by atoms with van der Waals surface area (Å²) in [7, 11) is 6.52. The van der Waals surface area contributed by atoms with Crippen molar-refractivity contribution >= 4 is 23.9 Å². The Morgan fingerprint density at radius 2 is 0.942 bits per heavy atom. The molecule has 0 aliphatic carbocycles. The molecule has 0 aromatic heterocycles. The quantitative estimate of drug-likeness (QED) is 0.171. The van der Waals surface area contributed by atoms with Gasteiger partial charge >= 0.3 is 12.1 Å². The number of benzene rings is 4. The minimum Gasteiger partial charge on any atom is -0.497 e. The van der Waals surface area contributed by atoms with Crippen molar-refractivity contribution in [2.75, 3.05) is 28.3 Å². The number of rotatable bonds is 11. The van der Waals surface area contributed by atoms with Crippen LogP contribution in [0.15, 0.2) is 109 Å². The Morgan fingerprint density at radius 1 is 0.577 bits per heavy atom. The predicted molar refractivity (Wildman–Crippen MR) is 198 cm³/mol. The van der Waals surface area contributed by atoms with Gasteiger partial charge in [-0.15, -0.1) is 0 Å². The van der Waals surface area contributed by atoms with Crippen LogP contribution < -0.4 is 9.47 Å². The van der Waals surface area contributed by atoms with Gasteiger partial charge in [0, 0.05) is 14.1 Å². The average Bonchev–Trinajstić information content (AvgIpc) is 3.55. The van der Waals surface area contributed by atoms with Crippen molar-refractivity contribution in [3.8, 4) is 11.5 Å². The molecule has 6 amide bonds. The Kier molecular flexibility index (Phi) is 10.6. The van der Waals surface area contributed by atoms with Gasteiger partial charge in [0.05, 0.1) is 50.2 Å². The number of methoxy groups -OCH3 is 2. The van der Waals surface area contributed by atoms with Gasteiger partial charge in [-0.05, 0) is 73.2 Å². The topological polar surface area (TPSA) is 99.7 Å². The number of amides is 6. The van der Waals surface area contributed by atoms with E-state index < -0.39 is 47.8 Å². The molecule has 0 N–H and O–H groups in total. The van der Waals surface area contributed by atoms with Gasteiger partial charge in [-0.3, -0.25) is 19.4 Å². The summed E-state index contributed by atoms with van der Waals surface area (Å²) in [4.78, 5) is 64.8. The average molecular weight is 703 g/mol. The number of ether oxygens (including phenoxy) is 2. The van der Waals surface area contributed by atoms with E-state index in [1.54, 1.807) is 38.1 Å².